The number of aromatic nitrogens is 2. The van der Waals surface area contributed by atoms with Gasteiger partial charge in [-0.2, -0.15) is 0 Å². The summed E-state index contributed by atoms with van der Waals surface area (Å²) >= 11 is 1.61. The SMILES string of the molecule is Cc1c(C(=O)Nc2ccc3nc(-c4cccs4)[nH]c3c2)oc2c1C(=O)CCC2. The highest BCUT2D eigenvalue weighted by molar-refractivity contribution is 7.13. The fourth-order valence-corrected chi connectivity index (χ4v) is 4.34. The number of hydrogen-bond donors (Lipinski definition) is 2. The van der Waals surface area contributed by atoms with Crippen LogP contribution in [0.3, 0.4) is 0 Å². The minimum atomic E-state index is -0.350. The van der Waals surface area contributed by atoms with Crippen molar-refractivity contribution in [2.75, 3.05) is 5.32 Å². The molecule has 0 aliphatic heterocycles. The van der Waals surface area contributed by atoms with Crippen LogP contribution in [0, 0.1) is 6.92 Å². The molecule has 3 aromatic heterocycles. The average molecular weight is 391 g/mol. The number of rotatable bonds is 3. The number of aryl methyl sites for hydroxylation is 1. The van der Waals surface area contributed by atoms with Gasteiger partial charge in [-0.1, -0.05) is 6.07 Å². The molecule has 0 bridgehead atoms. The van der Waals surface area contributed by atoms with E-state index in [-0.39, 0.29) is 17.5 Å². The lowest BCUT2D eigenvalue weighted by Crippen LogP contribution is -2.13. The number of nitrogens with zero attached hydrogens (tertiary/aromatic N) is 1. The Morgan fingerprint density at radius 2 is 2.18 bits per heavy atom. The summed E-state index contributed by atoms with van der Waals surface area (Å²) < 4.78 is 5.73. The lowest BCUT2D eigenvalue weighted by molar-refractivity contribution is 0.0963. The van der Waals surface area contributed by atoms with Gasteiger partial charge in [0.25, 0.3) is 5.91 Å². The Morgan fingerprint density at radius 1 is 1.29 bits per heavy atom. The number of anilines is 1. The first-order chi connectivity index (χ1) is 13.6. The van der Waals surface area contributed by atoms with Crippen molar-refractivity contribution >= 4 is 39.7 Å². The number of thiophene rings is 1. The Morgan fingerprint density at radius 3 is 2.96 bits per heavy atom. The van der Waals surface area contributed by atoms with E-state index in [4.69, 9.17) is 4.42 Å². The monoisotopic (exact) mass is 391 g/mol. The summed E-state index contributed by atoms with van der Waals surface area (Å²) in [6.45, 7) is 1.77. The highest BCUT2D eigenvalue weighted by Crippen LogP contribution is 2.30. The molecule has 0 radical (unpaired) electrons. The lowest BCUT2D eigenvalue weighted by atomic mass is 9.94. The zero-order valence-electron chi connectivity index (χ0n) is 15.2. The van der Waals surface area contributed by atoms with Crippen molar-refractivity contribution < 1.29 is 14.0 Å². The van der Waals surface area contributed by atoms with Crippen molar-refractivity contribution in [3.8, 4) is 10.7 Å². The molecule has 0 unspecified atom stereocenters. The normalized spacial score (nSPS) is 13.7. The van der Waals surface area contributed by atoms with Gasteiger partial charge in [-0.15, -0.1) is 11.3 Å². The summed E-state index contributed by atoms with van der Waals surface area (Å²) in [6, 6.07) is 9.51. The largest absolute Gasteiger partial charge is 0.455 e. The highest BCUT2D eigenvalue weighted by Gasteiger charge is 2.28. The average Bonchev–Trinajstić information content (AvgIpc) is 3.39. The molecule has 0 saturated carbocycles. The van der Waals surface area contributed by atoms with Crippen LogP contribution in [0.25, 0.3) is 21.7 Å². The summed E-state index contributed by atoms with van der Waals surface area (Å²) in [5.74, 6) is 1.35. The molecule has 140 valence electrons. The highest BCUT2D eigenvalue weighted by atomic mass is 32.1. The van der Waals surface area contributed by atoms with Crippen LogP contribution >= 0.6 is 11.3 Å². The van der Waals surface area contributed by atoms with Crippen molar-refractivity contribution in [3.05, 3.63) is 58.4 Å². The van der Waals surface area contributed by atoms with E-state index >= 15 is 0 Å². The van der Waals surface area contributed by atoms with Crippen LogP contribution in [0.1, 0.15) is 45.1 Å². The quantitative estimate of drug-likeness (QED) is 0.516. The van der Waals surface area contributed by atoms with Gasteiger partial charge >= 0.3 is 0 Å². The second-order valence-corrected chi connectivity index (χ2v) is 7.83. The van der Waals surface area contributed by atoms with Gasteiger partial charge in [0.1, 0.15) is 11.6 Å². The number of ketones is 1. The van der Waals surface area contributed by atoms with Gasteiger partial charge < -0.3 is 14.7 Å². The van der Waals surface area contributed by atoms with Gasteiger partial charge in [-0.25, -0.2) is 4.98 Å². The zero-order valence-corrected chi connectivity index (χ0v) is 16.0. The van der Waals surface area contributed by atoms with E-state index in [0.717, 1.165) is 28.2 Å². The standard InChI is InChI=1S/C21H17N3O3S/c1-11-18-15(25)4-2-5-16(18)27-19(11)21(26)22-12-7-8-13-14(10-12)24-20(23-13)17-6-3-9-28-17/h3,6-10H,2,4-5H2,1H3,(H,22,26)(H,23,24). The summed E-state index contributed by atoms with van der Waals surface area (Å²) in [6.07, 6.45) is 1.97. The first kappa shape index (κ1) is 16.9. The van der Waals surface area contributed by atoms with E-state index in [0.29, 0.717) is 35.4 Å². The van der Waals surface area contributed by atoms with Crippen LogP contribution in [0.15, 0.2) is 40.1 Å². The Kier molecular flexibility index (Phi) is 3.91. The summed E-state index contributed by atoms with van der Waals surface area (Å²) in [5, 5.41) is 4.87. The fourth-order valence-electron chi connectivity index (χ4n) is 3.67. The molecule has 2 N–H and O–H groups in total. The number of carbonyl (C=O) groups excluding carboxylic acids is 2. The molecule has 0 spiro atoms. The number of imidazole rings is 1. The molecule has 28 heavy (non-hydrogen) atoms. The number of carbonyl (C=O) groups is 2. The van der Waals surface area contributed by atoms with E-state index in [9.17, 15) is 9.59 Å². The number of aromatic amines is 1. The van der Waals surface area contributed by atoms with Crippen LogP contribution in [0.4, 0.5) is 5.69 Å². The molecule has 1 amide bonds. The number of nitrogens with one attached hydrogen (secondary N) is 2. The second-order valence-electron chi connectivity index (χ2n) is 6.88. The Labute approximate surface area is 164 Å². The van der Waals surface area contributed by atoms with Crippen molar-refractivity contribution in [2.24, 2.45) is 0 Å². The molecule has 1 aromatic carbocycles. The van der Waals surface area contributed by atoms with Gasteiger partial charge in [-0.05, 0) is 43.0 Å². The van der Waals surface area contributed by atoms with Crippen molar-refractivity contribution in [2.45, 2.75) is 26.2 Å². The van der Waals surface area contributed by atoms with E-state index in [1.165, 1.54) is 0 Å². The van der Waals surface area contributed by atoms with Gasteiger partial charge in [0.05, 0.1) is 21.5 Å². The maximum atomic E-state index is 12.7. The number of hydrogen-bond acceptors (Lipinski definition) is 5. The second kappa shape index (κ2) is 6.45. The number of benzene rings is 1. The first-order valence-electron chi connectivity index (χ1n) is 9.10. The van der Waals surface area contributed by atoms with Crippen LogP contribution in [0.2, 0.25) is 0 Å². The minimum absolute atomic E-state index is 0.0570. The van der Waals surface area contributed by atoms with E-state index in [1.54, 1.807) is 18.3 Å². The molecule has 1 aliphatic carbocycles. The molecule has 1 aliphatic rings. The van der Waals surface area contributed by atoms with Crippen LogP contribution in [-0.4, -0.2) is 21.7 Å². The molecule has 5 rings (SSSR count). The van der Waals surface area contributed by atoms with E-state index < -0.39 is 0 Å². The maximum absolute atomic E-state index is 12.7. The summed E-state index contributed by atoms with van der Waals surface area (Å²) in [7, 11) is 0. The number of furan rings is 1. The number of fused-ring (bicyclic) bond motifs is 2. The zero-order chi connectivity index (χ0) is 19.3. The molecule has 3 heterocycles. The maximum Gasteiger partial charge on any atom is 0.291 e. The minimum Gasteiger partial charge on any atom is -0.455 e. The molecule has 6 nitrogen and oxygen atoms in total. The predicted octanol–water partition coefficient (Wildman–Crippen LogP) is 4.96. The third kappa shape index (κ3) is 2.75. The fraction of sp³-hybridized carbons (Fsp3) is 0.190. The van der Waals surface area contributed by atoms with Gasteiger partial charge in [0.15, 0.2) is 11.5 Å². The Bertz CT molecular complexity index is 1220. The molecular weight excluding hydrogens is 374 g/mol. The van der Waals surface area contributed by atoms with Gasteiger partial charge in [0.2, 0.25) is 0 Å². The molecule has 0 fully saturated rings. The van der Waals surface area contributed by atoms with Crippen molar-refractivity contribution in [1.29, 1.82) is 0 Å². The van der Waals surface area contributed by atoms with Gasteiger partial charge in [0, 0.05) is 24.1 Å². The molecule has 4 aromatic rings. The Hall–Kier alpha value is -3.19. The first-order valence-corrected chi connectivity index (χ1v) is 9.98. The topological polar surface area (TPSA) is 88.0 Å². The summed E-state index contributed by atoms with van der Waals surface area (Å²) in [5.41, 5.74) is 3.52. The molecule has 0 saturated heterocycles. The van der Waals surface area contributed by atoms with Crippen LogP contribution in [-0.2, 0) is 6.42 Å². The summed E-state index contributed by atoms with van der Waals surface area (Å²) in [4.78, 5) is 33.8. The number of amides is 1. The van der Waals surface area contributed by atoms with Crippen LogP contribution in [0.5, 0.6) is 0 Å². The lowest BCUT2D eigenvalue weighted by Gasteiger charge is -2.07. The van der Waals surface area contributed by atoms with Crippen molar-refractivity contribution in [3.63, 3.8) is 0 Å². The predicted molar refractivity (Wildman–Crippen MR) is 108 cm³/mol. The van der Waals surface area contributed by atoms with Crippen molar-refractivity contribution in [1.82, 2.24) is 9.97 Å². The molecular formula is C21H17N3O3S. The third-order valence-electron chi connectivity index (χ3n) is 5.01. The van der Waals surface area contributed by atoms with E-state index in [2.05, 4.69) is 15.3 Å². The van der Waals surface area contributed by atoms with Crippen LogP contribution < -0.4 is 5.32 Å². The number of H-pyrrole nitrogens is 1. The Balaban J connectivity index is 1.44. The molecule has 0 atom stereocenters. The number of Topliss-reactive ketones (excluding diaryl/α,β-unsaturated/α-hetero) is 1. The molecule has 7 heteroatoms. The van der Waals surface area contributed by atoms with E-state index in [1.807, 2.05) is 35.7 Å². The smallest absolute Gasteiger partial charge is 0.291 e. The van der Waals surface area contributed by atoms with Gasteiger partial charge in [-0.3, -0.25) is 9.59 Å². The third-order valence-corrected chi connectivity index (χ3v) is 5.88.